The Bertz CT molecular complexity index is 1380. The molecule has 1 heterocycles. The molecular formula is C32H39N5O5S. The molecule has 0 aliphatic rings. The van der Waals surface area contributed by atoms with E-state index in [1.807, 2.05) is 37.3 Å². The van der Waals surface area contributed by atoms with E-state index in [2.05, 4.69) is 49.9 Å². The maximum absolute atomic E-state index is 8.70. The number of aliphatic hydroxyl groups excluding tert-OH is 1. The van der Waals surface area contributed by atoms with Crippen molar-refractivity contribution in [1.82, 2.24) is 0 Å². The highest BCUT2D eigenvalue weighted by atomic mass is 32.1. The molecule has 0 bridgehead atoms. The van der Waals surface area contributed by atoms with Gasteiger partial charge in [0.15, 0.2) is 0 Å². The van der Waals surface area contributed by atoms with Crippen molar-refractivity contribution in [2.24, 2.45) is 10.2 Å². The fourth-order valence-corrected chi connectivity index (χ4v) is 5.08. The number of nitrogens with zero attached hydrogens (tertiary/aromatic N) is 5. The fourth-order valence-electron chi connectivity index (χ4n) is 4.23. The molecule has 1 N–H and O–H groups in total. The number of likely N-dealkylation sites (N-methyl/N-ethyl adjacent to an activating group) is 1. The molecule has 0 aliphatic heterocycles. The smallest absolute Gasteiger partial charge is 0.234 e. The monoisotopic (exact) mass is 605 g/mol. The Hall–Kier alpha value is -3.68. The van der Waals surface area contributed by atoms with E-state index in [4.69, 9.17) is 37.2 Å². The molecule has 0 aliphatic carbocycles. The zero-order valence-corrected chi connectivity index (χ0v) is 25.8. The average molecular weight is 606 g/mol. The topological polar surface area (TPSA) is 93.8 Å². The minimum atomic E-state index is -0.157. The van der Waals surface area contributed by atoms with Gasteiger partial charge in [-0.15, -0.1) is 11.3 Å². The first-order valence-corrected chi connectivity index (χ1v) is 15.0. The molecule has 43 heavy (non-hydrogen) atoms. The van der Waals surface area contributed by atoms with Gasteiger partial charge in [0.25, 0.3) is 0 Å². The summed E-state index contributed by atoms with van der Waals surface area (Å²) < 4.78 is 22.6. The van der Waals surface area contributed by atoms with Crippen molar-refractivity contribution < 1.29 is 24.1 Å². The number of ether oxygens (including phenoxy) is 4. The number of hydrogen-bond acceptors (Lipinski definition) is 9. The van der Waals surface area contributed by atoms with Crippen molar-refractivity contribution >= 4 is 38.4 Å². The van der Waals surface area contributed by atoms with Gasteiger partial charge < -0.3 is 29.0 Å². The molecule has 1 aromatic heterocycles. The third-order valence-corrected chi connectivity index (χ3v) is 7.60. The van der Waals surface area contributed by atoms with Crippen LogP contribution in [0.2, 0.25) is 0 Å². The molecule has 3 rings (SSSR count). The summed E-state index contributed by atoms with van der Waals surface area (Å²) in [5, 5.41) is 18.4. The van der Waals surface area contributed by atoms with Crippen molar-refractivity contribution in [2.45, 2.75) is 26.9 Å². The van der Waals surface area contributed by atoms with Crippen LogP contribution in [0, 0.1) is 27.0 Å². The molecule has 0 radical (unpaired) electrons. The molecule has 1 unspecified atom stereocenters. The van der Waals surface area contributed by atoms with Crippen LogP contribution in [0.25, 0.3) is 9.69 Å². The van der Waals surface area contributed by atoms with Crippen LogP contribution >= 0.6 is 11.3 Å². The summed E-state index contributed by atoms with van der Waals surface area (Å²) in [5.41, 5.74) is 4.84. The molecule has 0 saturated carbocycles. The Morgan fingerprint density at radius 3 is 2.16 bits per heavy atom. The lowest BCUT2D eigenvalue weighted by atomic mass is 10.1. The van der Waals surface area contributed by atoms with E-state index in [-0.39, 0.29) is 12.7 Å². The Balaban J connectivity index is 1.60. The van der Waals surface area contributed by atoms with Gasteiger partial charge in [0, 0.05) is 18.8 Å². The number of anilines is 1. The van der Waals surface area contributed by atoms with Gasteiger partial charge in [0.1, 0.15) is 11.1 Å². The Morgan fingerprint density at radius 1 is 0.884 bits per heavy atom. The van der Waals surface area contributed by atoms with Crippen LogP contribution in [0.4, 0.5) is 27.1 Å². The SMILES string of the molecule is [C-]#[N+]c1sc(N=Nc2ccc(N(CC)CC(OCCOCCOCCOCCO)c3ccccc3)cc2C)c([N+]#[C-])c1C. The van der Waals surface area contributed by atoms with Gasteiger partial charge in [-0.3, -0.25) is 0 Å². The van der Waals surface area contributed by atoms with E-state index in [0.717, 1.165) is 23.4 Å². The summed E-state index contributed by atoms with van der Waals surface area (Å²) >= 11 is 1.19. The van der Waals surface area contributed by atoms with E-state index < -0.39 is 0 Å². The van der Waals surface area contributed by atoms with Crippen LogP contribution < -0.4 is 4.90 Å². The number of benzene rings is 2. The summed E-state index contributed by atoms with van der Waals surface area (Å²) in [5.74, 6) is 0. The number of aryl methyl sites for hydroxylation is 1. The first-order chi connectivity index (χ1) is 21.0. The van der Waals surface area contributed by atoms with Crippen LogP contribution in [0.15, 0.2) is 58.8 Å². The van der Waals surface area contributed by atoms with Crippen molar-refractivity contribution in [3.8, 4) is 0 Å². The van der Waals surface area contributed by atoms with E-state index in [0.29, 0.717) is 79.7 Å². The van der Waals surface area contributed by atoms with E-state index >= 15 is 0 Å². The van der Waals surface area contributed by atoms with Gasteiger partial charge in [0.2, 0.25) is 10.7 Å². The lowest BCUT2D eigenvalue weighted by molar-refractivity contribution is -0.0194. The summed E-state index contributed by atoms with van der Waals surface area (Å²) in [6.07, 6.45) is -0.157. The first kappa shape index (κ1) is 33.8. The number of hydrogen-bond donors (Lipinski definition) is 1. The zero-order chi connectivity index (χ0) is 30.9. The van der Waals surface area contributed by atoms with Gasteiger partial charge in [-0.2, -0.15) is 10.2 Å². The predicted octanol–water partition coefficient (Wildman–Crippen LogP) is 7.51. The van der Waals surface area contributed by atoms with Crippen molar-refractivity contribution in [3.05, 3.63) is 88.1 Å². The highest BCUT2D eigenvalue weighted by Crippen LogP contribution is 2.47. The normalized spacial score (nSPS) is 11.9. The maximum atomic E-state index is 8.70. The lowest BCUT2D eigenvalue weighted by Gasteiger charge is -2.29. The lowest BCUT2D eigenvalue weighted by Crippen LogP contribution is -2.30. The Labute approximate surface area is 258 Å². The molecule has 0 saturated heterocycles. The second-order valence-corrected chi connectivity index (χ2v) is 10.4. The number of aliphatic hydroxyl groups is 1. The number of rotatable bonds is 19. The molecule has 10 nitrogen and oxygen atoms in total. The van der Waals surface area contributed by atoms with Crippen molar-refractivity contribution in [3.63, 3.8) is 0 Å². The molecule has 1 atom stereocenters. The zero-order valence-electron chi connectivity index (χ0n) is 25.0. The molecule has 228 valence electrons. The van der Waals surface area contributed by atoms with E-state index in [1.165, 1.54) is 11.3 Å². The maximum Gasteiger partial charge on any atom is 0.234 e. The predicted molar refractivity (Wildman–Crippen MR) is 169 cm³/mol. The summed E-state index contributed by atoms with van der Waals surface area (Å²) in [6.45, 7) is 25.2. The largest absolute Gasteiger partial charge is 0.394 e. The molecule has 0 amide bonds. The standard InChI is InChI=1S/C32H39N5O5S/c1-6-37(27-12-13-28(24(2)22-27)35-36-32-30(33-4)25(3)31(34-5)43-32)23-29(26-10-8-7-9-11-26)42-21-20-41-19-18-40-17-16-39-15-14-38/h7-13,22,29,38H,6,14-21,23H2,1-3H3. The van der Waals surface area contributed by atoms with Crippen LogP contribution in [-0.2, 0) is 18.9 Å². The van der Waals surface area contributed by atoms with Crippen LogP contribution in [0.3, 0.4) is 0 Å². The molecule has 11 heteroatoms. The van der Waals surface area contributed by atoms with Crippen molar-refractivity contribution in [2.75, 3.05) is 70.8 Å². The second-order valence-electron chi connectivity index (χ2n) is 9.45. The molecule has 3 aromatic rings. The third kappa shape index (κ3) is 10.5. The van der Waals surface area contributed by atoms with Gasteiger partial charge >= 0.3 is 0 Å². The second kappa shape index (κ2) is 18.8. The van der Waals surface area contributed by atoms with Crippen LogP contribution in [-0.4, -0.2) is 71.1 Å². The Kier molecular flexibility index (Phi) is 14.8. The number of thiophene rings is 1. The highest BCUT2D eigenvalue weighted by molar-refractivity contribution is 7.20. The summed E-state index contributed by atoms with van der Waals surface area (Å²) in [4.78, 5) is 9.31. The average Bonchev–Trinajstić information content (AvgIpc) is 3.35. The van der Waals surface area contributed by atoms with Gasteiger partial charge in [0.05, 0.1) is 71.7 Å². The molecule has 0 fully saturated rings. The van der Waals surface area contributed by atoms with Crippen LogP contribution in [0.1, 0.15) is 29.7 Å². The highest BCUT2D eigenvalue weighted by Gasteiger charge is 2.18. The van der Waals surface area contributed by atoms with Crippen molar-refractivity contribution in [1.29, 1.82) is 0 Å². The van der Waals surface area contributed by atoms with Gasteiger partial charge in [-0.05, 0) is 48.7 Å². The number of azo groups is 1. The molecule has 2 aromatic carbocycles. The minimum absolute atomic E-state index is 0.0111. The minimum Gasteiger partial charge on any atom is -0.394 e. The fraction of sp³-hybridized carbons (Fsp3) is 0.438. The third-order valence-electron chi connectivity index (χ3n) is 6.54. The van der Waals surface area contributed by atoms with E-state index in [1.54, 1.807) is 6.92 Å². The summed E-state index contributed by atoms with van der Waals surface area (Å²) in [7, 11) is 0. The molecular weight excluding hydrogens is 566 g/mol. The Morgan fingerprint density at radius 2 is 1.56 bits per heavy atom. The van der Waals surface area contributed by atoms with Crippen LogP contribution in [0.5, 0.6) is 0 Å². The van der Waals surface area contributed by atoms with Gasteiger partial charge in [-0.1, -0.05) is 37.3 Å². The molecule has 0 spiro atoms. The van der Waals surface area contributed by atoms with E-state index in [9.17, 15) is 0 Å². The summed E-state index contributed by atoms with van der Waals surface area (Å²) in [6, 6.07) is 16.2. The van der Waals surface area contributed by atoms with Gasteiger partial charge in [-0.25, -0.2) is 9.69 Å². The quantitative estimate of drug-likeness (QED) is 0.0864. The first-order valence-electron chi connectivity index (χ1n) is 14.2.